The molecule has 0 aromatic heterocycles. The average molecular weight is 845 g/mol. The summed E-state index contributed by atoms with van der Waals surface area (Å²) in [6, 6.07) is 21.0. The fourth-order valence-corrected chi connectivity index (χ4v) is 15.1. The van der Waals surface area contributed by atoms with Crippen LogP contribution in [0, 0.1) is 41.5 Å². The van der Waals surface area contributed by atoms with Gasteiger partial charge < -0.3 is 9.80 Å². The second kappa shape index (κ2) is 18.8. The molecule has 4 fully saturated rings. The molecule has 3 saturated carbocycles. The first kappa shape index (κ1) is 40.0. The monoisotopic (exact) mass is 844 g/mol. The first-order valence-electron chi connectivity index (χ1n) is 20.0. The van der Waals surface area contributed by atoms with E-state index < -0.39 is 0 Å². The van der Waals surface area contributed by atoms with Crippen LogP contribution >= 0.6 is 27.3 Å². The van der Waals surface area contributed by atoms with Crippen LogP contribution in [0.5, 0.6) is 0 Å². The van der Waals surface area contributed by atoms with Gasteiger partial charge in [0.1, 0.15) is 5.82 Å². The van der Waals surface area contributed by atoms with Gasteiger partial charge in [0, 0.05) is 30.1 Å². The molecule has 4 aliphatic rings. The molecule has 0 N–H and O–H groups in total. The molecule has 6 heteroatoms. The zero-order valence-electron chi connectivity index (χ0n) is 32.6. The van der Waals surface area contributed by atoms with E-state index in [4.69, 9.17) is 19.4 Å². The molecule has 2 nitrogen and oxygen atoms in total. The average Bonchev–Trinajstić information content (AvgIpc) is 3.53. The number of nitrogens with zero attached hydrogens (tertiary/aromatic N) is 2. The molecule has 7 rings (SSSR count). The molecule has 1 saturated heterocycles. The van der Waals surface area contributed by atoms with Gasteiger partial charge in [-0.05, 0) is 137 Å². The van der Waals surface area contributed by atoms with E-state index in [1.165, 1.54) is 140 Å². The van der Waals surface area contributed by atoms with E-state index in [9.17, 15) is 0 Å². The van der Waals surface area contributed by atoms with Gasteiger partial charge in [0.2, 0.25) is 0 Å². The summed E-state index contributed by atoms with van der Waals surface area (Å²) < 4.78 is 0. The molecule has 0 bridgehead atoms. The van der Waals surface area contributed by atoms with Crippen LogP contribution in [-0.4, -0.2) is 30.1 Å². The summed E-state index contributed by atoms with van der Waals surface area (Å²) in [6.07, 6.45) is 21.2. The molecule has 1 heterocycles. The fraction of sp³-hybridized carbons (Fsp3) is 0.522. The van der Waals surface area contributed by atoms with Crippen LogP contribution in [0.3, 0.4) is 0 Å². The Kier molecular flexibility index (Phi) is 14.5. The number of hydrogen-bond acceptors (Lipinski definition) is 2. The van der Waals surface area contributed by atoms with Crippen molar-refractivity contribution < 1.29 is 15.1 Å². The second-order valence-corrected chi connectivity index (χ2v) is 21.7. The van der Waals surface area contributed by atoms with Crippen LogP contribution in [-0.2, 0) is 15.1 Å². The van der Waals surface area contributed by atoms with E-state index in [1.54, 1.807) is 11.1 Å². The maximum atomic E-state index is 4.85. The number of rotatable bonds is 6. The van der Waals surface area contributed by atoms with E-state index in [1.807, 2.05) is 0 Å². The Morgan fingerprint density at radius 2 is 1.06 bits per heavy atom. The van der Waals surface area contributed by atoms with Crippen molar-refractivity contribution in [1.82, 2.24) is 0 Å². The Bertz CT molecular complexity index is 1590. The second-order valence-electron chi connectivity index (χ2n) is 16.1. The summed E-state index contributed by atoms with van der Waals surface area (Å²) in [5.41, 5.74) is 18.5. The topological polar surface area (TPSA) is 6.48 Å². The van der Waals surface area contributed by atoms with Crippen LogP contribution in [0.4, 0.5) is 11.4 Å². The van der Waals surface area contributed by atoms with Crippen molar-refractivity contribution in [2.45, 2.75) is 142 Å². The van der Waals surface area contributed by atoms with Crippen molar-refractivity contribution >= 4 is 44.8 Å². The standard InChI is InChI=1S/C46H61N2P.2ClH.Ru/c1-32-27-34(3)44(35(4)28-32)47-25-26-48(45-36(5)29-33(2)30-37(45)6)46(47)41-23-16-24-43(42(41)31-38-17-10-7-11-18-38)49(39-19-12-8-13-20-39)40-21-14-9-15-22-40;;;/h7,10-11,17-18,27-31,39-40,43H,8-9,12-16,19-26H2,1-6H3;2*1H;/q;;;+2/p-2. The molecule has 1 unspecified atom stereocenters. The predicted octanol–water partition coefficient (Wildman–Crippen LogP) is 14.2. The summed E-state index contributed by atoms with van der Waals surface area (Å²) in [5.74, 6) is 1.49. The van der Waals surface area contributed by atoms with Crippen molar-refractivity contribution in [2.24, 2.45) is 0 Å². The molecule has 0 spiro atoms. The fourth-order valence-electron chi connectivity index (χ4n) is 10.5. The van der Waals surface area contributed by atoms with Crippen LogP contribution in [0.1, 0.15) is 122 Å². The van der Waals surface area contributed by atoms with Gasteiger partial charge in [-0.1, -0.05) is 118 Å². The first-order chi connectivity index (χ1) is 25.2. The Labute approximate surface area is 333 Å². The van der Waals surface area contributed by atoms with Gasteiger partial charge in [-0.2, -0.15) is 0 Å². The van der Waals surface area contributed by atoms with Crippen LogP contribution < -0.4 is 9.80 Å². The SMILES string of the molecule is Cc1cc(C)c(N2CCN(c3c(C)cc(C)cc3C)C2=C2CCCC(P(C3CCCCC3)C3CCCCC3)C2=Cc2ccccc2)c(C)c1.[Cl][Ru][Cl]. The summed E-state index contributed by atoms with van der Waals surface area (Å²) in [6.45, 7) is 15.9. The van der Waals surface area contributed by atoms with Gasteiger partial charge in [-0.15, -0.1) is 0 Å². The summed E-state index contributed by atoms with van der Waals surface area (Å²) in [7, 11) is 9.61. The Hall–Kier alpha value is -1.63. The number of aryl methyl sites for hydroxylation is 6. The van der Waals surface area contributed by atoms with Crippen LogP contribution in [0.25, 0.3) is 6.08 Å². The molecule has 0 amide bonds. The van der Waals surface area contributed by atoms with Gasteiger partial charge in [0.05, 0.1) is 0 Å². The molecule has 3 aromatic carbocycles. The molecule has 0 radical (unpaired) electrons. The minimum absolute atomic E-state index is 0.102. The molecule has 1 aliphatic heterocycles. The third-order valence-corrected chi connectivity index (χ3v) is 16.2. The summed E-state index contributed by atoms with van der Waals surface area (Å²) in [5, 5.41) is 0. The molecular weight excluding hydrogens is 783 g/mol. The van der Waals surface area contributed by atoms with Gasteiger partial charge in [-0.25, -0.2) is 0 Å². The van der Waals surface area contributed by atoms with Crippen molar-refractivity contribution in [3.8, 4) is 0 Å². The third kappa shape index (κ3) is 9.08. The Morgan fingerprint density at radius 1 is 0.615 bits per heavy atom. The normalized spacial score (nSPS) is 21.3. The zero-order chi connectivity index (χ0) is 36.8. The van der Waals surface area contributed by atoms with Crippen molar-refractivity contribution in [3.05, 3.63) is 111 Å². The summed E-state index contributed by atoms with van der Waals surface area (Å²) in [4.78, 5) is 5.53. The van der Waals surface area contributed by atoms with Gasteiger partial charge in [0.15, 0.2) is 0 Å². The molecule has 52 heavy (non-hydrogen) atoms. The van der Waals surface area contributed by atoms with Crippen molar-refractivity contribution in [2.75, 3.05) is 22.9 Å². The predicted molar refractivity (Wildman–Crippen MR) is 227 cm³/mol. The molecule has 282 valence electrons. The Morgan fingerprint density at radius 3 is 1.50 bits per heavy atom. The van der Waals surface area contributed by atoms with Gasteiger partial charge >= 0.3 is 34.5 Å². The van der Waals surface area contributed by atoms with E-state index in [0.29, 0.717) is 5.66 Å². The molecule has 3 aromatic rings. The number of benzene rings is 3. The quantitative estimate of drug-likeness (QED) is 0.180. The molecular formula is C46H61Cl2N2PRu. The zero-order valence-corrected chi connectivity index (χ0v) is 36.7. The van der Waals surface area contributed by atoms with Crippen molar-refractivity contribution in [3.63, 3.8) is 0 Å². The van der Waals surface area contributed by atoms with E-state index >= 15 is 0 Å². The van der Waals surface area contributed by atoms with Gasteiger partial charge in [-0.3, -0.25) is 0 Å². The van der Waals surface area contributed by atoms with E-state index in [0.717, 1.165) is 24.4 Å². The van der Waals surface area contributed by atoms with Gasteiger partial charge in [0.25, 0.3) is 0 Å². The van der Waals surface area contributed by atoms with E-state index in [2.05, 4.69) is 112 Å². The number of anilines is 2. The third-order valence-electron chi connectivity index (χ3n) is 12.2. The molecule has 1 atom stereocenters. The minimum atomic E-state index is -0.346. The molecule has 3 aliphatic carbocycles. The maximum absolute atomic E-state index is 4.85. The Balaban J connectivity index is 0.00000150. The number of hydrogen-bond donors (Lipinski definition) is 0. The van der Waals surface area contributed by atoms with Crippen molar-refractivity contribution in [1.29, 1.82) is 0 Å². The van der Waals surface area contributed by atoms with Crippen LogP contribution in [0.15, 0.2) is 71.6 Å². The first-order valence-corrected chi connectivity index (χ1v) is 26.1. The number of allylic oxidation sites excluding steroid dienone is 2. The van der Waals surface area contributed by atoms with Crippen LogP contribution in [0.2, 0.25) is 0 Å². The summed E-state index contributed by atoms with van der Waals surface area (Å²) >= 11 is -0.346. The number of halogens is 2. The van der Waals surface area contributed by atoms with E-state index in [-0.39, 0.29) is 23.1 Å².